The van der Waals surface area contributed by atoms with Crippen LogP contribution in [0, 0.1) is 5.92 Å². The number of nitrogens with zero attached hydrogens (tertiary/aromatic N) is 1. The Morgan fingerprint density at radius 1 is 1.17 bits per heavy atom. The summed E-state index contributed by atoms with van der Waals surface area (Å²) in [4.78, 5) is 14.3. The smallest absolute Gasteiger partial charge is 0.257 e. The molecule has 0 unspecified atom stereocenters. The van der Waals surface area contributed by atoms with E-state index in [4.69, 9.17) is 9.15 Å². The van der Waals surface area contributed by atoms with Gasteiger partial charge in [0, 0.05) is 6.54 Å². The van der Waals surface area contributed by atoms with Crippen LogP contribution in [0.3, 0.4) is 0 Å². The highest BCUT2D eigenvalue weighted by atomic mass is 16.5. The molecule has 0 aliphatic carbocycles. The van der Waals surface area contributed by atoms with Crippen LogP contribution in [0.25, 0.3) is 0 Å². The molecule has 5 nitrogen and oxygen atoms in total. The minimum atomic E-state index is -0.0585. The topological polar surface area (TPSA) is 54.7 Å². The van der Waals surface area contributed by atoms with Crippen molar-refractivity contribution in [2.75, 3.05) is 26.2 Å². The molecule has 0 saturated carbocycles. The Hall–Kier alpha value is -2.27. The Morgan fingerprint density at radius 3 is 2.67 bits per heavy atom. The standard InChI is InChI=1S/C19H24N2O3/c22-19(15-24-17-5-2-1-3-6-17)20-13-16-8-10-21(11-9-16)14-18-7-4-12-23-18/h1-7,12,16H,8-11,13-15H2,(H,20,22). The van der Waals surface area contributed by atoms with Gasteiger partial charge in [0.1, 0.15) is 11.5 Å². The second-order valence-corrected chi connectivity index (χ2v) is 6.20. The van der Waals surface area contributed by atoms with Crippen LogP contribution in [-0.2, 0) is 11.3 Å². The first-order chi connectivity index (χ1) is 11.8. The van der Waals surface area contributed by atoms with Gasteiger partial charge in [0.2, 0.25) is 0 Å². The normalized spacial score (nSPS) is 16.0. The molecule has 1 aromatic carbocycles. The van der Waals surface area contributed by atoms with E-state index >= 15 is 0 Å². The highest BCUT2D eigenvalue weighted by Crippen LogP contribution is 2.18. The fraction of sp³-hybridized carbons (Fsp3) is 0.421. The van der Waals surface area contributed by atoms with Crippen molar-refractivity contribution in [1.29, 1.82) is 0 Å². The van der Waals surface area contributed by atoms with E-state index in [-0.39, 0.29) is 12.5 Å². The number of ether oxygens (including phenoxy) is 1. The van der Waals surface area contributed by atoms with Gasteiger partial charge in [0.15, 0.2) is 6.61 Å². The fourth-order valence-electron chi connectivity index (χ4n) is 2.95. The molecule has 1 saturated heterocycles. The molecule has 1 fully saturated rings. The summed E-state index contributed by atoms with van der Waals surface area (Å²) in [7, 11) is 0. The van der Waals surface area contributed by atoms with Gasteiger partial charge in [0.05, 0.1) is 12.8 Å². The quantitative estimate of drug-likeness (QED) is 0.849. The van der Waals surface area contributed by atoms with Crippen molar-refractivity contribution in [3.8, 4) is 5.75 Å². The van der Waals surface area contributed by atoms with Gasteiger partial charge in [-0.15, -0.1) is 0 Å². The molecule has 1 aliphatic rings. The van der Waals surface area contributed by atoms with Crippen LogP contribution in [0.2, 0.25) is 0 Å². The summed E-state index contributed by atoms with van der Waals surface area (Å²) in [6.07, 6.45) is 3.91. The van der Waals surface area contributed by atoms with Crippen LogP contribution in [0.4, 0.5) is 0 Å². The monoisotopic (exact) mass is 328 g/mol. The number of furan rings is 1. The van der Waals surface area contributed by atoms with Crippen LogP contribution in [0.5, 0.6) is 5.75 Å². The Bertz CT molecular complexity index is 605. The molecule has 1 amide bonds. The van der Waals surface area contributed by atoms with Gasteiger partial charge in [-0.3, -0.25) is 9.69 Å². The zero-order chi connectivity index (χ0) is 16.6. The fourth-order valence-corrected chi connectivity index (χ4v) is 2.95. The number of hydrogen-bond donors (Lipinski definition) is 1. The summed E-state index contributed by atoms with van der Waals surface area (Å²) in [6.45, 7) is 3.76. The van der Waals surface area contributed by atoms with Gasteiger partial charge in [0.25, 0.3) is 5.91 Å². The third-order valence-corrected chi connectivity index (χ3v) is 4.37. The highest BCUT2D eigenvalue weighted by molar-refractivity contribution is 5.77. The van der Waals surface area contributed by atoms with Crippen LogP contribution in [-0.4, -0.2) is 37.0 Å². The van der Waals surface area contributed by atoms with Crippen LogP contribution >= 0.6 is 0 Å². The Labute approximate surface area is 142 Å². The third-order valence-electron chi connectivity index (χ3n) is 4.37. The van der Waals surface area contributed by atoms with Crippen molar-refractivity contribution in [3.05, 3.63) is 54.5 Å². The second-order valence-electron chi connectivity index (χ2n) is 6.20. The predicted molar refractivity (Wildman–Crippen MR) is 91.7 cm³/mol. The Balaban J connectivity index is 1.31. The van der Waals surface area contributed by atoms with E-state index in [0.717, 1.165) is 50.5 Å². The molecule has 3 rings (SSSR count). The number of benzene rings is 1. The third kappa shape index (κ3) is 5.13. The van der Waals surface area contributed by atoms with Crippen LogP contribution in [0.15, 0.2) is 53.1 Å². The van der Waals surface area contributed by atoms with Crippen molar-refractivity contribution >= 4 is 5.91 Å². The lowest BCUT2D eigenvalue weighted by Gasteiger charge is -2.31. The first-order valence-electron chi connectivity index (χ1n) is 8.49. The molecular formula is C19H24N2O3. The van der Waals surface area contributed by atoms with E-state index in [9.17, 15) is 4.79 Å². The van der Waals surface area contributed by atoms with Crippen molar-refractivity contribution in [1.82, 2.24) is 10.2 Å². The molecule has 0 atom stereocenters. The van der Waals surface area contributed by atoms with Gasteiger partial charge in [-0.1, -0.05) is 18.2 Å². The van der Waals surface area contributed by atoms with Crippen molar-refractivity contribution < 1.29 is 13.9 Å². The van der Waals surface area contributed by atoms with Gasteiger partial charge >= 0.3 is 0 Å². The first kappa shape index (κ1) is 16.6. The van der Waals surface area contributed by atoms with Gasteiger partial charge in [-0.25, -0.2) is 0 Å². The molecule has 0 bridgehead atoms. The van der Waals surface area contributed by atoms with E-state index in [1.165, 1.54) is 0 Å². The minimum Gasteiger partial charge on any atom is -0.484 e. The number of nitrogens with one attached hydrogen (secondary N) is 1. The Kier molecular flexibility index (Phi) is 5.90. The summed E-state index contributed by atoms with van der Waals surface area (Å²) in [5.74, 6) is 2.22. The maximum atomic E-state index is 11.9. The van der Waals surface area contributed by atoms with Crippen LogP contribution < -0.4 is 10.1 Å². The molecule has 1 N–H and O–H groups in total. The summed E-state index contributed by atoms with van der Waals surface area (Å²) >= 11 is 0. The number of rotatable bonds is 7. The largest absolute Gasteiger partial charge is 0.484 e. The van der Waals surface area contributed by atoms with Gasteiger partial charge in [-0.05, 0) is 56.1 Å². The summed E-state index contributed by atoms with van der Waals surface area (Å²) < 4.78 is 10.8. The maximum Gasteiger partial charge on any atom is 0.257 e. The lowest BCUT2D eigenvalue weighted by molar-refractivity contribution is -0.123. The van der Waals surface area contributed by atoms with E-state index < -0.39 is 0 Å². The molecular weight excluding hydrogens is 304 g/mol. The number of para-hydroxylation sites is 1. The summed E-state index contributed by atoms with van der Waals surface area (Å²) in [5, 5.41) is 2.98. The number of carbonyl (C=O) groups excluding carboxylic acids is 1. The van der Waals surface area contributed by atoms with Gasteiger partial charge in [-0.2, -0.15) is 0 Å². The average molecular weight is 328 g/mol. The molecule has 2 aromatic rings. The molecule has 5 heteroatoms. The number of likely N-dealkylation sites (tertiary alicyclic amines) is 1. The van der Waals surface area contributed by atoms with Crippen molar-refractivity contribution in [2.24, 2.45) is 5.92 Å². The maximum absolute atomic E-state index is 11.9. The van der Waals surface area contributed by atoms with E-state index in [2.05, 4.69) is 10.2 Å². The molecule has 1 aromatic heterocycles. The molecule has 0 radical (unpaired) electrons. The zero-order valence-corrected chi connectivity index (χ0v) is 13.8. The first-order valence-corrected chi connectivity index (χ1v) is 8.49. The second kappa shape index (κ2) is 8.55. The molecule has 0 spiro atoms. The molecule has 1 aliphatic heterocycles. The zero-order valence-electron chi connectivity index (χ0n) is 13.8. The summed E-state index contributed by atoms with van der Waals surface area (Å²) in [5.41, 5.74) is 0. The average Bonchev–Trinajstić information content (AvgIpc) is 3.13. The summed E-state index contributed by atoms with van der Waals surface area (Å²) in [6, 6.07) is 13.3. The lowest BCUT2D eigenvalue weighted by atomic mass is 9.96. The Morgan fingerprint density at radius 2 is 1.96 bits per heavy atom. The number of carbonyl (C=O) groups is 1. The van der Waals surface area contributed by atoms with Crippen molar-refractivity contribution in [2.45, 2.75) is 19.4 Å². The van der Waals surface area contributed by atoms with Gasteiger partial charge < -0.3 is 14.5 Å². The number of hydrogen-bond acceptors (Lipinski definition) is 4. The minimum absolute atomic E-state index is 0.0585. The predicted octanol–water partition coefficient (Wildman–Crippen LogP) is 2.69. The number of piperidine rings is 1. The van der Waals surface area contributed by atoms with E-state index in [0.29, 0.717) is 5.92 Å². The van der Waals surface area contributed by atoms with E-state index in [1.54, 1.807) is 6.26 Å². The molecule has 24 heavy (non-hydrogen) atoms. The molecule has 2 heterocycles. The van der Waals surface area contributed by atoms with Crippen molar-refractivity contribution in [3.63, 3.8) is 0 Å². The lowest BCUT2D eigenvalue weighted by Crippen LogP contribution is -2.39. The highest BCUT2D eigenvalue weighted by Gasteiger charge is 2.20. The van der Waals surface area contributed by atoms with Crippen LogP contribution in [0.1, 0.15) is 18.6 Å². The SMILES string of the molecule is O=C(COc1ccccc1)NCC1CCN(Cc2ccco2)CC1. The number of amides is 1. The van der Waals surface area contributed by atoms with E-state index in [1.807, 2.05) is 42.5 Å². The molecule has 128 valence electrons.